The number of aromatic nitrogens is 2. The van der Waals surface area contributed by atoms with Crippen LogP contribution in [0.25, 0.3) is 5.65 Å². The number of nitrogens with one attached hydrogen (secondary N) is 1. The third kappa shape index (κ3) is 4.05. The summed E-state index contributed by atoms with van der Waals surface area (Å²) in [5.41, 5.74) is 2.52. The number of hydrogen-bond donors (Lipinski definition) is 1. The minimum absolute atomic E-state index is 0.112. The molecule has 0 saturated carbocycles. The third-order valence-corrected chi connectivity index (χ3v) is 5.51. The maximum atomic E-state index is 14.7. The molecule has 1 fully saturated rings. The molecule has 148 valence electrons. The van der Waals surface area contributed by atoms with E-state index in [0.29, 0.717) is 30.3 Å². The Hall–Kier alpha value is -1.99. The zero-order valence-electron chi connectivity index (χ0n) is 15.8. The molecule has 2 unspecified atom stereocenters. The molecule has 3 heterocycles. The van der Waals surface area contributed by atoms with Gasteiger partial charge in [-0.1, -0.05) is 23.7 Å². The second-order valence-corrected chi connectivity index (χ2v) is 7.54. The fourth-order valence-electron chi connectivity index (χ4n) is 3.82. The number of rotatable bonds is 6. The van der Waals surface area contributed by atoms with Crippen molar-refractivity contribution in [1.82, 2.24) is 19.6 Å². The highest BCUT2D eigenvalue weighted by molar-refractivity contribution is 6.31. The van der Waals surface area contributed by atoms with Crippen molar-refractivity contribution >= 4 is 17.2 Å². The first-order valence-corrected chi connectivity index (χ1v) is 9.92. The number of benzene rings is 1. The molecule has 3 aromatic rings. The van der Waals surface area contributed by atoms with E-state index in [1.807, 2.05) is 37.5 Å². The van der Waals surface area contributed by atoms with Crippen molar-refractivity contribution in [3.05, 3.63) is 70.9 Å². The summed E-state index contributed by atoms with van der Waals surface area (Å²) >= 11 is 6.40. The van der Waals surface area contributed by atoms with Crippen molar-refractivity contribution in [2.45, 2.75) is 25.6 Å². The molecule has 1 saturated heterocycles. The number of fused-ring (bicyclic) bond motifs is 1. The molecule has 0 amide bonds. The standard InChI is InChI=1S/C21H24ClFN4O/c1-15-14-26(9-10-28-15)19(21-17(22)5-4-6-18(21)23)13-24-11-16-12-25-20-7-2-3-8-27(16)20/h2-8,12,15,19,24H,9-11,13-14H2,1H3. The SMILES string of the molecule is CC1CN(C(CNCc2cnc3ccccn23)c2c(F)cccc2Cl)CCO1. The van der Waals surface area contributed by atoms with Gasteiger partial charge in [0.15, 0.2) is 0 Å². The molecule has 2 atom stereocenters. The molecule has 0 radical (unpaired) electrons. The average Bonchev–Trinajstić information content (AvgIpc) is 3.10. The predicted octanol–water partition coefficient (Wildman–Crippen LogP) is 3.68. The lowest BCUT2D eigenvalue weighted by Gasteiger charge is -2.38. The van der Waals surface area contributed by atoms with Crippen LogP contribution < -0.4 is 5.32 Å². The molecule has 2 aromatic heterocycles. The molecular formula is C21H24ClFN4O. The molecule has 28 heavy (non-hydrogen) atoms. The molecule has 7 heteroatoms. The first kappa shape index (κ1) is 19.3. The molecule has 0 aliphatic carbocycles. The van der Waals surface area contributed by atoms with Crippen LogP contribution in [-0.2, 0) is 11.3 Å². The summed E-state index contributed by atoms with van der Waals surface area (Å²) < 4.78 is 22.4. The average molecular weight is 403 g/mol. The van der Waals surface area contributed by atoms with E-state index in [1.54, 1.807) is 12.1 Å². The van der Waals surface area contributed by atoms with E-state index >= 15 is 0 Å². The number of hydrogen-bond acceptors (Lipinski definition) is 4. The number of halogens is 2. The van der Waals surface area contributed by atoms with E-state index in [0.717, 1.165) is 24.4 Å². The molecule has 1 aliphatic rings. The van der Waals surface area contributed by atoms with Gasteiger partial charge >= 0.3 is 0 Å². The first-order valence-electron chi connectivity index (χ1n) is 9.54. The lowest BCUT2D eigenvalue weighted by atomic mass is 10.0. The Morgan fingerprint density at radius 3 is 3.04 bits per heavy atom. The van der Waals surface area contributed by atoms with E-state index in [4.69, 9.17) is 16.3 Å². The molecule has 0 bridgehead atoms. The fraction of sp³-hybridized carbons (Fsp3) is 0.381. The number of morpholine rings is 1. The van der Waals surface area contributed by atoms with Gasteiger partial charge in [0.1, 0.15) is 11.5 Å². The van der Waals surface area contributed by atoms with E-state index < -0.39 is 0 Å². The van der Waals surface area contributed by atoms with E-state index in [9.17, 15) is 4.39 Å². The van der Waals surface area contributed by atoms with E-state index in [-0.39, 0.29) is 18.0 Å². The summed E-state index contributed by atoms with van der Waals surface area (Å²) in [7, 11) is 0. The molecule has 4 rings (SSSR count). The van der Waals surface area contributed by atoms with Crippen molar-refractivity contribution in [2.75, 3.05) is 26.2 Å². The third-order valence-electron chi connectivity index (χ3n) is 5.18. The van der Waals surface area contributed by atoms with Crippen LogP contribution in [0.1, 0.15) is 24.2 Å². The van der Waals surface area contributed by atoms with Gasteiger partial charge in [-0.3, -0.25) is 4.90 Å². The van der Waals surface area contributed by atoms with Gasteiger partial charge in [0.2, 0.25) is 0 Å². The Labute approximate surface area is 169 Å². The number of pyridine rings is 1. The Morgan fingerprint density at radius 2 is 2.21 bits per heavy atom. The summed E-state index contributed by atoms with van der Waals surface area (Å²) in [6, 6.07) is 10.6. The molecule has 1 aliphatic heterocycles. The minimum Gasteiger partial charge on any atom is -0.376 e. The molecule has 1 N–H and O–H groups in total. The molecule has 5 nitrogen and oxygen atoms in total. The van der Waals surface area contributed by atoms with Gasteiger partial charge in [-0.05, 0) is 31.2 Å². The summed E-state index contributed by atoms with van der Waals surface area (Å²) in [6.07, 6.45) is 3.97. The monoisotopic (exact) mass is 402 g/mol. The van der Waals surface area contributed by atoms with Crippen molar-refractivity contribution in [3.63, 3.8) is 0 Å². The van der Waals surface area contributed by atoms with Gasteiger partial charge in [-0.25, -0.2) is 9.37 Å². The molecule has 1 aromatic carbocycles. The van der Waals surface area contributed by atoms with Crippen LogP contribution in [-0.4, -0.2) is 46.6 Å². The summed E-state index contributed by atoms with van der Waals surface area (Å²) in [4.78, 5) is 6.67. The van der Waals surface area contributed by atoms with Crippen LogP contribution in [0.4, 0.5) is 4.39 Å². The zero-order chi connectivity index (χ0) is 19.5. The zero-order valence-corrected chi connectivity index (χ0v) is 16.6. The van der Waals surface area contributed by atoms with Gasteiger partial charge in [0.05, 0.1) is 30.6 Å². The van der Waals surface area contributed by atoms with Gasteiger partial charge in [-0.2, -0.15) is 0 Å². The summed E-state index contributed by atoms with van der Waals surface area (Å²) in [5, 5.41) is 3.94. The second-order valence-electron chi connectivity index (χ2n) is 7.14. The highest BCUT2D eigenvalue weighted by Crippen LogP contribution is 2.31. The number of ether oxygens (including phenoxy) is 1. The molecule has 0 spiro atoms. The maximum absolute atomic E-state index is 14.7. The van der Waals surface area contributed by atoms with Crippen LogP contribution >= 0.6 is 11.6 Å². The van der Waals surface area contributed by atoms with Gasteiger partial charge in [-0.15, -0.1) is 0 Å². The van der Waals surface area contributed by atoms with Crippen molar-refractivity contribution < 1.29 is 9.13 Å². The van der Waals surface area contributed by atoms with Crippen molar-refractivity contribution in [1.29, 1.82) is 0 Å². The Balaban J connectivity index is 1.53. The van der Waals surface area contributed by atoms with Crippen LogP contribution in [0.3, 0.4) is 0 Å². The van der Waals surface area contributed by atoms with Crippen LogP contribution in [0.5, 0.6) is 0 Å². The van der Waals surface area contributed by atoms with Gasteiger partial charge < -0.3 is 14.5 Å². The number of nitrogens with zero attached hydrogens (tertiary/aromatic N) is 3. The first-order chi connectivity index (χ1) is 13.6. The quantitative estimate of drug-likeness (QED) is 0.683. The molecular weight excluding hydrogens is 379 g/mol. The van der Waals surface area contributed by atoms with Crippen LogP contribution in [0, 0.1) is 5.82 Å². The summed E-state index contributed by atoms with van der Waals surface area (Å²) in [5.74, 6) is -0.270. The lowest BCUT2D eigenvalue weighted by Crippen LogP contribution is -2.46. The lowest BCUT2D eigenvalue weighted by molar-refractivity contribution is -0.0349. The van der Waals surface area contributed by atoms with Crippen LogP contribution in [0.2, 0.25) is 5.02 Å². The topological polar surface area (TPSA) is 41.8 Å². The maximum Gasteiger partial charge on any atom is 0.136 e. The number of imidazole rings is 1. The fourth-order valence-corrected chi connectivity index (χ4v) is 4.11. The van der Waals surface area contributed by atoms with E-state index in [2.05, 4.69) is 19.6 Å². The van der Waals surface area contributed by atoms with Gasteiger partial charge in [0.25, 0.3) is 0 Å². The van der Waals surface area contributed by atoms with Crippen LogP contribution in [0.15, 0.2) is 48.8 Å². The Morgan fingerprint density at radius 1 is 1.32 bits per heavy atom. The Bertz CT molecular complexity index is 927. The van der Waals surface area contributed by atoms with Gasteiger partial charge in [0, 0.05) is 43.0 Å². The predicted molar refractivity (Wildman–Crippen MR) is 108 cm³/mol. The highest BCUT2D eigenvalue weighted by atomic mass is 35.5. The van der Waals surface area contributed by atoms with E-state index in [1.165, 1.54) is 6.07 Å². The smallest absolute Gasteiger partial charge is 0.136 e. The normalized spacial score (nSPS) is 19.2. The minimum atomic E-state index is -0.270. The highest BCUT2D eigenvalue weighted by Gasteiger charge is 2.29. The van der Waals surface area contributed by atoms with Crippen molar-refractivity contribution in [2.24, 2.45) is 0 Å². The largest absolute Gasteiger partial charge is 0.376 e. The summed E-state index contributed by atoms with van der Waals surface area (Å²) in [6.45, 7) is 5.37. The second kappa shape index (κ2) is 8.57. The Kier molecular flexibility index (Phi) is 5.92. The van der Waals surface area contributed by atoms with Crippen molar-refractivity contribution in [3.8, 4) is 0 Å².